The van der Waals surface area contributed by atoms with Gasteiger partial charge in [-0.05, 0) is 77.5 Å². The molecule has 30 heavy (non-hydrogen) atoms. The zero-order valence-corrected chi connectivity index (χ0v) is 17.3. The van der Waals surface area contributed by atoms with Crippen LogP contribution in [0.3, 0.4) is 0 Å². The summed E-state index contributed by atoms with van der Waals surface area (Å²) in [5.74, 6) is 3.35. The van der Waals surface area contributed by atoms with Crippen molar-refractivity contribution in [2.24, 2.45) is 5.92 Å². The van der Waals surface area contributed by atoms with Crippen molar-refractivity contribution in [1.29, 1.82) is 0 Å². The highest BCUT2D eigenvalue weighted by Crippen LogP contribution is 2.54. The first-order valence-electron chi connectivity index (χ1n) is 11.0. The van der Waals surface area contributed by atoms with Crippen LogP contribution in [-0.2, 0) is 6.42 Å². The van der Waals surface area contributed by atoms with Crippen molar-refractivity contribution >= 4 is 5.57 Å². The molecule has 2 aliphatic carbocycles. The second kappa shape index (κ2) is 7.05. The highest BCUT2D eigenvalue weighted by Gasteiger charge is 2.40. The van der Waals surface area contributed by atoms with E-state index in [-0.39, 0.29) is 0 Å². The Morgan fingerprint density at radius 2 is 1.63 bits per heavy atom. The molecule has 0 saturated carbocycles. The van der Waals surface area contributed by atoms with E-state index in [0.29, 0.717) is 31.0 Å². The fraction of sp³-hybridized carbons (Fsp3) is 0.286. The van der Waals surface area contributed by atoms with E-state index >= 15 is 0 Å². The van der Waals surface area contributed by atoms with Gasteiger partial charge in [-0.2, -0.15) is 0 Å². The van der Waals surface area contributed by atoms with Crippen LogP contribution in [0.25, 0.3) is 5.57 Å². The van der Waals surface area contributed by atoms with Crippen LogP contribution in [0, 0.1) is 12.8 Å². The number of allylic oxidation sites excluding steroid dienone is 2. The Bertz CT molecular complexity index is 1140. The first-order chi connectivity index (χ1) is 14.8. The molecule has 2 nitrogen and oxygen atoms in total. The minimum absolute atomic E-state index is 0.527. The van der Waals surface area contributed by atoms with Gasteiger partial charge >= 0.3 is 0 Å². The van der Waals surface area contributed by atoms with Gasteiger partial charge in [0, 0.05) is 0 Å². The van der Waals surface area contributed by atoms with Gasteiger partial charge in [-0.1, -0.05) is 66.2 Å². The lowest BCUT2D eigenvalue weighted by atomic mass is 9.68. The summed E-state index contributed by atoms with van der Waals surface area (Å²) in [7, 11) is 0. The van der Waals surface area contributed by atoms with Crippen LogP contribution in [-0.4, -0.2) is 13.2 Å². The van der Waals surface area contributed by atoms with Gasteiger partial charge < -0.3 is 9.47 Å². The van der Waals surface area contributed by atoms with E-state index in [1.807, 2.05) is 0 Å². The van der Waals surface area contributed by atoms with Gasteiger partial charge in [0.2, 0.25) is 0 Å². The number of hydrogen-bond acceptors (Lipinski definition) is 2. The summed E-state index contributed by atoms with van der Waals surface area (Å²) in [6.45, 7) is 3.46. The summed E-state index contributed by atoms with van der Waals surface area (Å²) in [4.78, 5) is 0. The molecule has 0 amide bonds. The van der Waals surface area contributed by atoms with Crippen LogP contribution < -0.4 is 9.47 Å². The van der Waals surface area contributed by atoms with E-state index in [1.54, 1.807) is 0 Å². The van der Waals surface area contributed by atoms with Gasteiger partial charge in [0.25, 0.3) is 0 Å². The summed E-state index contributed by atoms with van der Waals surface area (Å²) in [6.07, 6.45) is 4.76. The SMILES string of the molecule is Cc1cccc(C2Cc3ccccc3C3CC(c4ccc5c(c4)OCCO5)=CC23)c1. The Balaban J connectivity index is 1.42. The number of fused-ring (bicyclic) bond motifs is 4. The normalized spacial score (nSPS) is 24.0. The monoisotopic (exact) mass is 394 g/mol. The van der Waals surface area contributed by atoms with Crippen molar-refractivity contribution in [3.8, 4) is 11.5 Å². The Hall–Kier alpha value is -3.00. The van der Waals surface area contributed by atoms with E-state index in [0.717, 1.165) is 24.3 Å². The molecule has 1 heterocycles. The zero-order valence-electron chi connectivity index (χ0n) is 17.3. The minimum atomic E-state index is 0.527. The molecule has 3 aliphatic rings. The third-order valence-electron chi connectivity index (χ3n) is 7.04. The van der Waals surface area contributed by atoms with Gasteiger partial charge in [0.05, 0.1) is 0 Å². The number of benzene rings is 3. The van der Waals surface area contributed by atoms with Crippen molar-refractivity contribution in [1.82, 2.24) is 0 Å². The van der Waals surface area contributed by atoms with Gasteiger partial charge in [-0.15, -0.1) is 0 Å². The van der Waals surface area contributed by atoms with E-state index < -0.39 is 0 Å². The number of hydrogen-bond donors (Lipinski definition) is 0. The van der Waals surface area contributed by atoms with Gasteiger partial charge in [-0.25, -0.2) is 0 Å². The molecule has 3 unspecified atom stereocenters. The molecule has 0 spiro atoms. The van der Waals surface area contributed by atoms with Crippen LogP contribution in [0.15, 0.2) is 72.8 Å². The maximum Gasteiger partial charge on any atom is 0.161 e. The smallest absolute Gasteiger partial charge is 0.161 e. The molecule has 0 N–H and O–H groups in total. The zero-order chi connectivity index (χ0) is 20.1. The molecule has 0 bridgehead atoms. The van der Waals surface area contributed by atoms with Crippen molar-refractivity contribution < 1.29 is 9.47 Å². The third-order valence-corrected chi connectivity index (χ3v) is 7.04. The highest BCUT2D eigenvalue weighted by molar-refractivity contribution is 5.72. The molecular formula is C28H26O2. The Morgan fingerprint density at radius 3 is 2.53 bits per heavy atom. The van der Waals surface area contributed by atoms with E-state index in [4.69, 9.17) is 9.47 Å². The van der Waals surface area contributed by atoms with E-state index in [1.165, 1.54) is 33.4 Å². The lowest BCUT2D eigenvalue weighted by Crippen LogP contribution is -2.24. The number of ether oxygens (including phenoxy) is 2. The van der Waals surface area contributed by atoms with Crippen molar-refractivity contribution in [2.75, 3.05) is 13.2 Å². The summed E-state index contributed by atoms with van der Waals surface area (Å²) < 4.78 is 11.6. The molecule has 0 saturated heterocycles. The predicted octanol–water partition coefficient (Wildman–Crippen LogP) is 6.29. The molecule has 3 atom stereocenters. The van der Waals surface area contributed by atoms with Crippen LogP contribution >= 0.6 is 0 Å². The van der Waals surface area contributed by atoms with Crippen molar-refractivity contribution in [3.63, 3.8) is 0 Å². The Kier molecular flexibility index (Phi) is 4.19. The van der Waals surface area contributed by atoms with Crippen LogP contribution in [0.4, 0.5) is 0 Å². The summed E-state index contributed by atoms with van der Waals surface area (Å²) in [5.41, 5.74) is 8.58. The molecule has 3 aromatic carbocycles. The predicted molar refractivity (Wildman–Crippen MR) is 120 cm³/mol. The van der Waals surface area contributed by atoms with E-state index in [2.05, 4.69) is 79.7 Å². The average Bonchev–Trinajstić information content (AvgIpc) is 3.24. The average molecular weight is 395 g/mol. The molecule has 150 valence electrons. The summed E-state index contributed by atoms with van der Waals surface area (Å²) in [5, 5.41) is 0. The summed E-state index contributed by atoms with van der Waals surface area (Å²) >= 11 is 0. The lowest BCUT2D eigenvalue weighted by Gasteiger charge is -2.36. The maximum absolute atomic E-state index is 5.85. The molecule has 3 aromatic rings. The quantitative estimate of drug-likeness (QED) is 0.508. The first kappa shape index (κ1) is 17.8. The molecule has 0 aromatic heterocycles. The minimum Gasteiger partial charge on any atom is -0.486 e. The topological polar surface area (TPSA) is 18.5 Å². The molecule has 0 fully saturated rings. The molecule has 2 heteroatoms. The number of rotatable bonds is 2. The fourth-order valence-corrected chi connectivity index (χ4v) is 5.66. The van der Waals surface area contributed by atoms with Crippen molar-refractivity contribution in [2.45, 2.75) is 31.6 Å². The lowest BCUT2D eigenvalue weighted by molar-refractivity contribution is 0.171. The van der Waals surface area contributed by atoms with Gasteiger partial charge in [-0.3, -0.25) is 0 Å². The number of aryl methyl sites for hydroxylation is 1. The van der Waals surface area contributed by atoms with Crippen LogP contribution in [0.1, 0.15) is 46.1 Å². The Morgan fingerprint density at radius 1 is 0.767 bits per heavy atom. The van der Waals surface area contributed by atoms with E-state index in [9.17, 15) is 0 Å². The fourth-order valence-electron chi connectivity index (χ4n) is 5.66. The standard InChI is InChI=1S/C28H26O2/c1-18-5-4-7-20(13-18)24-14-21-6-2-3-8-23(21)25-15-22(16-26(24)25)19-9-10-27-28(17-19)30-12-11-29-27/h2-10,13,16-17,24-26H,11-12,14-15H2,1H3. The van der Waals surface area contributed by atoms with Gasteiger partial charge in [0.1, 0.15) is 13.2 Å². The van der Waals surface area contributed by atoms with Crippen molar-refractivity contribution in [3.05, 3.63) is 101 Å². The molecule has 1 aliphatic heterocycles. The molecule has 6 rings (SSSR count). The molecular weight excluding hydrogens is 368 g/mol. The maximum atomic E-state index is 5.85. The second-order valence-electron chi connectivity index (χ2n) is 8.86. The first-order valence-corrected chi connectivity index (χ1v) is 11.0. The Labute approximate surface area is 178 Å². The van der Waals surface area contributed by atoms with Crippen LogP contribution in [0.5, 0.6) is 11.5 Å². The second-order valence-corrected chi connectivity index (χ2v) is 8.86. The van der Waals surface area contributed by atoms with Gasteiger partial charge in [0.15, 0.2) is 11.5 Å². The summed E-state index contributed by atoms with van der Waals surface area (Å²) in [6, 6.07) is 24.6. The molecule has 0 radical (unpaired) electrons. The highest BCUT2D eigenvalue weighted by atomic mass is 16.6. The van der Waals surface area contributed by atoms with Crippen LogP contribution in [0.2, 0.25) is 0 Å². The largest absolute Gasteiger partial charge is 0.486 e. The third kappa shape index (κ3) is 2.94.